The van der Waals surface area contributed by atoms with Crippen molar-refractivity contribution in [2.45, 2.75) is 13.1 Å². The lowest BCUT2D eigenvalue weighted by Crippen LogP contribution is -2.09. The van der Waals surface area contributed by atoms with Gasteiger partial charge >= 0.3 is 6.18 Å². The quantitative estimate of drug-likeness (QED) is 0.496. The van der Waals surface area contributed by atoms with E-state index in [1.54, 1.807) is 13.0 Å². The molecule has 1 N–H and O–H groups in total. The van der Waals surface area contributed by atoms with Crippen molar-refractivity contribution >= 4 is 21.9 Å². The van der Waals surface area contributed by atoms with Gasteiger partial charge in [0.25, 0.3) is 0 Å². The summed E-state index contributed by atoms with van der Waals surface area (Å²) in [6.07, 6.45) is -4.49. The van der Waals surface area contributed by atoms with Crippen molar-refractivity contribution in [3.05, 3.63) is 53.6 Å². The molecule has 0 fully saturated rings. The van der Waals surface area contributed by atoms with E-state index in [1.807, 2.05) is 24.3 Å². The minimum absolute atomic E-state index is 0.0441. The Morgan fingerprint density at radius 1 is 1.04 bits per heavy atom. The third-order valence-electron chi connectivity index (χ3n) is 4.48. The fourth-order valence-electron chi connectivity index (χ4n) is 3.25. The molecule has 2 aromatic carbocycles. The van der Waals surface area contributed by atoms with Gasteiger partial charge in [0, 0.05) is 29.0 Å². The highest BCUT2D eigenvalue weighted by molar-refractivity contribution is 6.06. The first-order valence-corrected chi connectivity index (χ1v) is 8.46. The van der Waals surface area contributed by atoms with Crippen LogP contribution in [0.5, 0.6) is 5.75 Å². The zero-order valence-electron chi connectivity index (χ0n) is 15.1. The molecule has 0 spiro atoms. The van der Waals surface area contributed by atoms with Crippen molar-refractivity contribution in [3.63, 3.8) is 0 Å². The van der Waals surface area contributed by atoms with Gasteiger partial charge in [-0.2, -0.15) is 13.2 Å². The monoisotopic (exact) mass is 387 g/mol. The van der Waals surface area contributed by atoms with E-state index in [-0.39, 0.29) is 12.5 Å². The molecule has 4 aromatic rings. The van der Waals surface area contributed by atoms with E-state index in [9.17, 15) is 13.2 Å². The summed E-state index contributed by atoms with van der Waals surface area (Å²) in [5.41, 5.74) is 1.98. The number of fused-ring (bicyclic) bond motifs is 3. The third-order valence-corrected chi connectivity index (χ3v) is 4.48. The van der Waals surface area contributed by atoms with E-state index in [0.717, 1.165) is 28.4 Å². The van der Waals surface area contributed by atoms with E-state index in [4.69, 9.17) is 9.47 Å². The zero-order chi connectivity index (χ0) is 19.9. The van der Waals surface area contributed by atoms with E-state index < -0.39 is 11.7 Å². The smallest absolute Gasteiger partial charge is 0.416 e. The molecule has 0 aliphatic rings. The molecule has 0 aliphatic carbocycles. The van der Waals surface area contributed by atoms with Crippen LogP contribution in [0.4, 0.5) is 13.2 Å². The standard InChI is InChI=1S/C20H16F3N3O2/c1-11-7-12(20(21,22)23)8-17(28-10-27-2)18(11)16-9-14-13-5-3-4-6-15(13)24-19(14)26-25-16/h3-9H,10H2,1-2H3,(H,24,26). The third kappa shape index (κ3) is 3.16. The lowest BCUT2D eigenvalue weighted by Gasteiger charge is -2.16. The molecular weight excluding hydrogens is 371 g/mol. The molecule has 0 radical (unpaired) electrons. The maximum absolute atomic E-state index is 13.2. The number of alkyl halides is 3. The Labute approximate surface area is 158 Å². The maximum atomic E-state index is 13.2. The Balaban J connectivity index is 1.93. The Morgan fingerprint density at radius 3 is 2.57 bits per heavy atom. The summed E-state index contributed by atoms with van der Waals surface area (Å²) in [5, 5.41) is 10.2. The Hall–Kier alpha value is -3.13. The number of H-pyrrole nitrogens is 1. The second-order valence-electron chi connectivity index (χ2n) is 6.38. The topological polar surface area (TPSA) is 60.0 Å². The van der Waals surface area contributed by atoms with Gasteiger partial charge in [-0.05, 0) is 36.8 Å². The van der Waals surface area contributed by atoms with Gasteiger partial charge in [-0.3, -0.25) is 0 Å². The van der Waals surface area contributed by atoms with Crippen LogP contribution in [0.15, 0.2) is 42.5 Å². The van der Waals surface area contributed by atoms with E-state index in [0.29, 0.717) is 22.5 Å². The number of hydrogen-bond donors (Lipinski definition) is 1. The van der Waals surface area contributed by atoms with Crippen LogP contribution in [-0.2, 0) is 10.9 Å². The van der Waals surface area contributed by atoms with E-state index >= 15 is 0 Å². The molecule has 0 bridgehead atoms. The Morgan fingerprint density at radius 2 is 1.82 bits per heavy atom. The number of aromatic amines is 1. The van der Waals surface area contributed by atoms with Gasteiger partial charge < -0.3 is 14.5 Å². The second-order valence-corrected chi connectivity index (χ2v) is 6.38. The highest BCUT2D eigenvalue weighted by Crippen LogP contribution is 2.40. The first kappa shape index (κ1) is 18.2. The Kier molecular flexibility index (Phi) is 4.43. The summed E-state index contributed by atoms with van der Waals surface area (Å²) in [6.45, 7) is 1.40. The number of methoxy groups -OCH3 is 1. The molecule has 2 heterocycles. The van der Waals surface area contributed by atoms with Crippen molar-refractivity contribution in [1.29, 1.82) is 0 Å². The fraction of sp³-hybridized carbons (Fsp3) is 0.200. The Bertz CT molecular complexity index is 1170. The van der Waals surface area contributed by atoms with Crippen LogP contribution >= 0.6 is 0 Å². The van der Waals surface area contributed by atoms with Crippen molar-refractivity contribution in [3.8, 4) is 17.0 Å². The number of ether oxygens (including phenoxy) is 2. The van der Waals surface area contributed by atoms with Crippen LogP contribution in [0.1, 0.15) is 11.1 Å². The number of nitrogens with one attached hydrogen (secondary N) is 1. The van der Waals surface area contributed by atoms with Crippen molar-refractivity contribution in [2.75, 3.05) is 13.9 Å². The van der Waals surface area contributed by atoms with E-state index in [1.165, 1.54) is 7.11 Å². The molecule has 0 amide bonds. The lowest BCUT2D eigenvalue weighted by molar-refractivity contribution is -0.137. The molecule has 8 heteroatoms. The zero-order valence-corrected chi connectivity index (χ0v) is 15.1. The molecular formula is C20H16F3N3O2. The van der Waals surface area contributed by atoms with Gasteiger partial charge in [-0.1, -0.05) is 18.2 Å². The first-order valence-electron chi connectivity index (χ1n) is 8.46. The number of hydrogen-bond acceptors (Lipinski definition) is 4. The highest BCUT2D eigenvalue weighted by Gasteiger charge is 2.32. The average Bonchev–Trinajstić information content (AvgIpc) is 3.03. The molecule has 5 nitrogen and oxygen atoms in total. The van der Waals surface area contributed by atoms with Gasteiger partial charge in [-0.15, -0.1) is 10.2 Å². The van der Waals surface area contributed by atoms with Gasteiger partial charge in [0.1, 0.15) is 5.75 Å². The number of halogens is 3. The molecule has 0 aliphatic heterocycles. The number of aryl methyl sites for hydroxylation is 1. The van der Waals surface area contributed by atoms with Crippen molar-refractivity contribution in [1.82, 2.24) is 15.2 Å². The minimum atomic E-state index is -4.49. The van der Waals surface area contributed by atoms with Crippen LogP contribution in [0.3, 0.4) is 0 Å². The molecule has 28 heavy (non-hydrogen) atoms. The van der Waals surface area contributed by atoms with Gasteiger partial charge in [-0.25, -0.2) is 0 Å². The van der Waals surface area contributed by atoms with Gasteiger partial charge in [0.05, 0.1) is 11.3 Å². The van der Waals surface area contributed by atoms with Crippen LogP contribution in [0.25, 0.3) is 33.2 Å². The number of aromatic nitrogens is 3. The summed E-state index contributed by atoms with van der Waals surface area (Å²) in [6, 6.07) is 11.5. The molecule has 0 unspecified atom stereocenters. The molecule has 0 atom stereocenters. The molecule has 144 valence electrons. The predicted molar refractivity (Wildman–Crippen MR) is 99.1 cm³/mol. The van der Waals surface area contributed by atoms with Gasteiger partial charge in [0.2, 0.25) is 0 Å². The van der Waals surface area contributed by atoms with Gasteiger partial charge in [0.15, 0.2) is 12.4 Å². The molecule has 2 aromatic heterocycles. The number of nitrogens with zero attached hydrogens (tertiary/aromatic N) is 2. The lowest BCUT2D eigenvalue weighted by atomic mass is 9.99. The maximum Gasteiger partial charge on any atom is 0.416 e. The van der Waals surface area contributed by atoms with Crippen LogP contribution in [0.2, 0.25) is 0 Å². The van der Waals surface area contributed by atoms with Crippen molar-refractivity contribution in [2.24, 2.45) is 0 Å². The summed E-state index contributed by atoms with van der Waals surface area (Å²) in [5.74, 6) is 0.0441. The average molecular weight is 387 g/mol. The molecule has 0 saturated carbocycles. The summed E-state index contributed by atoms with van der Waals surface area (Å²) in [4.78, 5) is 3.18. The second kappa shape index (κ2) is 6.79. The van der Waals surface area contributed by atoms with E-state index in [2.05, 4.69) is 15.2 Å². The summed E-state index contributed by atoms with van der Waals surface area (Å²) in [7, 11) is 1.40. The van der Waals surface area contributed by atoms with Crippen LogP contribution < -0.4 is 4.74 Å². The van der Waals surface area contributed by atoms with Crippen LogP contribution in [-0.4, -0.2) is 29.1 Å². The number of para-hydroxylation sites is 1. The normalized spacial score (nSPS) is 12.0. The van der Waals surface area contributed by atoms with Crippen LogP contribution in [0, 0.1) is 6.92 Å². The molecule has 4 rings (SSSR count). The molecule has 0 saturated heterocycles. The summed E-state index contributed by atoms with van der Waals surface area (Å²) >= 11 is 0. The SMILES string of the molecule is COCOc1cc(C(F)(F)F)cc(C)c1-c1cc2c(nn1)[nH]c1ccccc12. The minimum Gasteiger partial charge on any atom is -0.467 e. The largest absolute Gasteiger partial charge is 0.467 e. The first-order chi connectivity index (χ1) is 13.4. The summed E-state index contributed by atoms with van der Waals surface area (Å²) < 4.78 is 50.0. The highest BCUT2D eigenvalue weighted by atomic mass is 19.4. The number of benzene rings is 2. The predicted octanol–water partition coefficient (Wildman–Crippen LogP) is 5.09. The van der Waals surface area contributed by atoms with Crippen molar-refractivity contribution < 1.29 is 22.6 Å². The number of rotatable bonds is 4. The fourth-order valence-corrected chi connectivity index (χ4v) is 3.25.